The lowest BCUT2D eigenvalue weighted by Gasteiger charge is -2.10. The number of ether oxygens (including phenoxy) is 1. The number of nitrogens with zero attached hydrogens (tertiary/aromatic N) is 3. The minimum atomic E-state index is -0.0214. The minimum absolute atomic E-state index is 0.0214. The molecule has 102 valence electrons. The third-order valence-electron chi connectivity index (χ3n) is 2.62. The first-order chi connectivity index (χ1) is 9.26. The number of aromatic nitrogens is 3. The highest BCUT2D eigenvalue weighted by Crippen LogP contribution is 2.24. The van der Waals surface area contributed by atoms with Crippen LogP contribution in [0.5, 0.6) is 5.75 Å². The minimum Gasteiger partial charge on any atom is -0.486 e. The molecule has 1 heterocycles. The van der Waals surface area contributed by atoms with Gasteiger partial charge in [-0.25, -0.2) is 4.68 Å². The van der Waals surface area contributed by atoms with Gasteiger partial charge in [-0.1, -0.05) is 28.9 Å². The first-order valence-electron chi connectivity index (χ1n) is 5.85. The molecule has 0 fully saturated rings. The zero-order valence-electron chi connectivity index (χ0n) is 10.3. The number of halogens is 1. The van der Waals surface area contributed by atoms with Gasteiger partial charge in [-0.15, -0.1) is 5.10 Å². The molecule has 0 bridgehead atoms. The SMILES string of the molecule is NCc1nnn(CCO)c1COc1ccccc1Cl. The molecule has 0 radical (unpaired) electrons. The number of benzene rings is 1. The molecular formula is C12H15ClN4O2. The maximum absolute atomic E-state index is 8.97. The molecule has 0 aliphatic heterocycles. The molecule has 19 heavy (non-hydrogen) atoms. The number of aliphatic hydroxyl groups is 1. The van der Waals surface area contributed by atoms with Crippen molar-refractivity contribution in [3.8, 4) is 5.75 Å². The van der Waals surface area contributed by atoms with Crippen molar-refractivity contribution in [2.24, 2.45) is 5.73 Å². The Bertz CT molecular complexity index is 544. The van der Waals surface area contributed by atoms with Crippen molar-refractivity contribution < 1.29 is 9.84 Å². The quantitative estimate of drug-likeness (QED) is 0.824. The van der Waals surface area contributed by atoms with Crippen molar-refractivity contribution in [2.75, 3.05) is 6.61 Å². The largest absolute Gasteiger partial charge is 0.486 e. The van der Waals surface area contributed by atoms with Crippen molar-refractivity contribution in [3.05, 3.63) is 40.7 Å². The molecule has 0 amide bonds. The van der Waals surface area contributed by atoms with E-state index >= 15 is 0 Å². The van der Waals surface area contributed by atoms with Crippen LogP contribution < -0.4 is 10.5 Å². The van der Waals surface area contributed by atoms with E-state index in [0.717, 1.165) is 5.69 Å². The molecule has 0 aliphatic rings. The van der Waals surface area contributed by atoms with Gasteiger partial charge in [0.25, 0.3) is 0 Å². The summed E-state index contributed by atoms with van der Waals surface area (Å²) in [5.41, 5.74) is 7.00. The average molecular weight is 283 g/mol. The van der Waals surface area contributed by atoms with E-state index in [0.29, 0.717) is 23.0 Å². The van der Waals surface area contributed by atoms with Crippen LogP contribution in [0.1, 0.15) is 11.4 Å². The van der Waals surface area contributed by atoms with Crippen LogP contribution in [0, 0.1) is 0 Å². The zero-order chi connectivity index (χ0) is 13.7. The summed E-state index contributed by atoms with van der Waals surface area (Å²) < 4.78 is 7.22. The summed E-state index contributed by atoms with van der Waals surface area (Å²) in [6.45, 7) is 0.858. The predicted molar refractivity (Wildman–Crippen MR) is 70.8 cm³/mol. The number of hydrogen-bond donors (Lipinski definition) is 2. The third-order valence-corrected chi connectivity index (χ3v) is 2.94. The molecular weight excluding hydrogens is 268 g/mol. The molecule has 0 aliphatic carbocycles. The Morgan fingerprint density at radius 3 is 2.84 bits per heavy atom. The van der Waals surface area contributed by atoms with Crippen LogP contribution in [-0.2, 0) is 19.7 Å². The topological polar surface area (TPSA) is 86.2 Å². The van der Waals surface area contributed by atoms with Gasteiger partial charge in [0.2, 0.25) is 0 Å². The summed E-state index contributed by atoms with van der Waals surface area (Å²) in [7, 11) is 0. The predicted octanol–water partition coefficient (Wildman–Crippen LogP) is 0.961. The van der Waals surface area contributed by atoms with Gasteiger partial charge in [-0.3, -0.25) is 0 Å². The second-order valence-electron chi connectivity index (χ2n) is 3.85. The number of rotatable bonds is 6. The van der Waals surface area contributed by atoms with Gasteiger partial charge in [-0.05, 0) is 12.1 Å². The lowest BCUT2D eigenvalue weighted by Crippen LogP contribution is -2.12. The maximum atomic E-state index is 8.97. The van der Waals surface area contributed by atoms with E-state index in [4.69, 9.17) is 27.2 Å². The van der Waals surface area contributed by atoms with Crippen LogP contribution in [0.25, 0.3) is 0 Å². The summed E-state index contributed by atoms with van der Waals surface area (Å²) in [6, 6.07) is 7.21. The fraction of sp³-hybridized carbons (Fsp3) is 0.333. The van der Waals surface area contributed by atoms with Gasteiger partial charge in [-0.2, -0.15) is 0 Å². The molecule has 0 spiro atoms. The molecule has 1 aromatic heterocycles. The average Bonchev–Trinajstić information content (AvgIpc) is 2.80. The van der Waals surface area contributed by atoms with Crippen LogP contribution in [0.2, 0.25) is 5.02 Å². The highest BCUT2D eigenvalue weighted by molar-refractivity contribution is 6.32. The maximum Gasteiger partial charge on any atom is 0.138 e. The van der Waals surface area contributed by atoms with Crippen LogP contribution in [0.15, 0.2) is 24.3 Å². The standard InChI is InChI=1S/C12H15ClN4O2/c13-9-3-1-2-4-12(9)19-8-11-10(7-14)15-16-17(11)5-6-18/h1-4,18H,5-8,14H2. The Morgan fingerprint density at radius 1 is 1.37 bits per heavy atom. The molecule has 6 nitrogen and oxygen atoms in total. The van der Waals surface area contributed by atoms with E-state index in [-0.39, 0.29) is 19.8 Å². The summed E-state index contributed by atoms with van der Waals surface area (Å²) >= 11 is 6.01. The van der Waals surface area contributed by atoms with Crippen molar-refractivity contribution in [1.29, 1.82) is 0 Å². The molecule has 7 heteroatoms. The van der Waals surface area contributed by atoms with Gasteiger partial charge in [0.15, 0.2) is 0 Å². The lowest BCUT2D eigenvalue weighted by atomic mass is 10.3. The van der Waals surface area contributed by atoms with Crippen LogP contribution in [0.4, 0.5) is 0 Å². The van der Waals surface area contributed by atoms with E-state index in [1.165, 1.54) is 0 Å². The van der Waals surface area contributed by atoms with Gasteiger partial charge in [0.05, 0.1) is 18.2 Å². The Kier molecular flexibility index (Phi) is 4.73. The van der Waals surface area contributed by atoms with Crippen LogP contribution in [0.3, 0.4) is 0 Å². The molecule has 0 saturated carbocycles. The van der Waals surface area contributed by atoms with Gasteiger partial charge in [0, 0.05) is 6.54 Å². The lowest BCUT2D eigenvalue weighted by molar-refractivity contribution is 0.251. The molecule has 3 N–H and O–H groups in total. The second-order valence-corrected chi connectivity index (χ2v) is 4.26. The van der Waals surface area contributed by atoms with E-state index in [1.807, 2.05) is 12.1 Å². The van der Waals surface area contributed by atoms with Gasteiger partial charge < -0.3 is 15.6 Å². The normalized spacial score (nSPS) is 10.7. The monoisotopic (exact) mass is 282 g/mol. The van der Waals surface area contributed by atoms with Crippen molar-refractivity contribution in [2.45, 2.75) is 19.7 Å². The smallest absolute Gasteiger partial charge is 0.138 e. The van der Waals surface area contributed by atoms with E-state index in [9.17, 15) is 0 Å². The Balaban J connectivity index is 2.14. The summed E-state index contributed by atoms with van der Waals surface area (Å²) in [5.74, 6) is 0.587. The summed E-state index contributed by atoms with van der Waals surface area (Å²) in [6.07, 6.45) is 0. The third kappa shape index (κ3) is 3.23. The van der Waals surface area contributed by atoms with E-state index in [1.54, 1.807) is 16.8 Å². The molecule has 1 aromatic carbocycles. The van der Waals surface area contributed by atoms with Crippen molar-refractivity contribution >= 4 is 11.6 Å². The highest BCUT2D eigenvalue weighted by Gasteiger charge is 2.12. The molecule has 0 unspecified atom stereocenters. The summed E-state index contributed by atoms with van der Waals surface area (Å²) in [5, 5.41) is 17.4. The number of para-hydroxylation sites is 1. The molecule has 2 rings (SSSR count). The zero-order valence-corrected chi connectivity index (χ0v) is 11.0. The fourth-order valence-electron chi connectivity index (χ4n) is 1.67. The van der Waals surface area contributed by atoms with Gasteiger partial charge >= 0.3 is 0 Å². The Labute approximate surface area is 115 Å². The van der Waals surface area contributed by atoms with E-state index in [2.05, 4.69) is 10.3 Å². The first kappa shape index (κ1) is 13.8. The van der Waals surface area contributed by atoms with Crippen molar-refractivity contribution in [3.63, 3.8) is 0 Å². The number of hydrogen-bond acceptors (Lipinski definition) is 5. The Hall–Kier alpha value is -1.63. The highest BCUT2D eigenvalue weighted by atomic mass is 35.5. The number of aliphatic hydroxyl groups excluding tert-OH is 1. The van der Waals surface area contributed by atoms with Crippen molar-refractivity contribution in [1.82, 2.24) is 15.0 Å². The van der Waals surface area contributed by atoms with Gasteiger partial charge in [0.1, 0.15) is 23.7 Å². The van der Waals surface area contributed by atoms with Crippen LogP contribution >= 0.6 is 11.6 Å². The molecule has 0 saturated heterocycles. The van der Waals surface area contributed by atoms with E-state index < -0.39 is 0 Å². The summed E-state index contributed by atoms with van der Waals surface area (Å²) in [4.78, 5) is 0. The molecule has 2 aromatic rings. The fourth-order valence-corrected chi connectivity index (χ4v) is 1.86. The Morgan fingerprint density at radius 2 is 2.16 bits per heavy atom. The molecule has 0 atom stereocenters. The van der Waals surface area contributed by atoms with Crippen LogP contribution in [-0.4, -0.2) is 26.7 Å². The second kappa shape index (κ2) is 6.51. The number of nitrogens with two attached hydrogens (primary N) is 1. The first-order valence-corrected chi connectivity index (χ1v) is 6.23.